The predicted molar refractivity (Wildman–Crippen MR) is 122 cm³/mol. The smallest absolute Gasteiger partial charge is 0.259 e. The van der Waals surface area contributed by atoms with Gasteiger partial charge in [0.05, 0.1) is 0 Å². The highest BCUT2D eigenvalue weighted by molar-refractivity contribution is 5.87. The Balaban J connectivity index is 1.42. The van der Waals surface area contributed by atoms with Crippen LogP contribution >= 0.6 is 0 Å². The van der Waals surface area contributed by atoms with Crippen LogP contribution in [-0.2, 0) is 16.9 Å². The number of piperidine rings is 1. The number of hydrogen-bond donors (Lipinski definition) is 1. The molecule has 2 fully saturated rings. The monoisotopic (exact) mass is 423 g/mol. The van der Waals surface area contributed by atoms with E-state index in [4.69, 9.17) is 0 Å². The fourth-order valence-electron chi connectivity index (χ4n) is 5.71. The number of benzene rings is 1. The van der Waals surface area contributed by atoms with Crippen LogP contribution in [0.15, 0.2) is 48.8 Å². The normalized spacial score (nSPS) is 20.7. The first-order valence-corrected chi connectivity index (χ1v) is 12.0. The van der Waals surface area contributed by atoms with Gasteiger partial charge in [-0.15, -0.1) is 0 Å². The van der Waals surface area contributed by atoms with Crippen LogP contribution in [0, 0.1) is 17.3 Å². The highest BCUT2D eigenvalue weighted by Gasteiger charge is 2.49. The van der Waals surface area contributed by atoms with Crippen LogP contribution in [0.3, 0.4) is 0 Å². The summed E-state index contributed by atoms with van der Waals surface area (Å²) in [5.41, 5.74) is -0.434. The molecule has 1 amide bonds. The van der Waals surface area contributed by atoms with Gasteiger partial charge in [0, 0.05) is 37.9 Å². The Kier molecular flexibility index (Phi) is 6.52. The van der Waals surface area contributed by atoms with E-state index in [-0.39, 0.29) is 17.2 Å². The molecule has 2 aromatic rings. The molecule has 0 bridgehead atoms. The fourth-order valence-corrected chi connectivity index (χ4v) is 5.71. The highest BCUT2D eigenvalue weighted by Crippen LogP contribution is 2.43. The zero-order valence-corrected chi connectivity index (χ0v) is 19.0. The summed E-state index contributed by atoms with van der Waals surface area (Å²) in [7, 11) is 0. The summed E-state index contributed by atoms with van der Waals surface area (Å²) < 4.78 is 2.00. The number of carbonyl (C=O) groups excluding carboxylic acids is 1. The van der Waals surface area contributed by atoms with E-state index in [0.29, 0.717) is 5.92 Å². The van der Waals surface area contributed by atoms with Crippen molar-refractivity contribution in [2.24, 2.45) is 17.3 Å². The fraction of sp³-hybridized carbons (Fsp3) is 0.615. The second kappa shape index (κ2) is 9.15. The van der Waals surface area contributed by atoms with Crippen LogP contribution in [0.25, 0.3) is 0 Å². The second-order valence-corrected chi connectivity index (χ2v) is 10.2. The van der Waals surface area contributed by atoms with Crippen molar-refractivity contribution in [1.29, 1.82) is 0 Å². The first kappa shape index (κ1) is 22.1. The largest absolute Gasteiger partial charge is 0.375 e. The van der Waals surface area contributed by atoms with Gasteiger partial charge < -0.3 is 10.0 Å². The van der Waals surface area contributed by atoms with E-state index in [0.717, 1.165) is 70.1 Å². The van der Waals surface area contributed by atoms with Gasteiger partial charge in [-0.05, 0) is 55.1 Å². The molecule has 5 heteroatoms. The summed E-state index contributed by atoms with van der Waals surface area (Å²) in [6.07, 6.45) is 10.9. The molecule has 168 valence electrons. The molecule has 1 N–H and O–H groups in total. The van der Waals surface area contributed by atoms with E-state index in [2.05, 4.69) is 18.9 Å². The number of aromatic nitrogens is 2. The van der Waals surface area contributed by atoms with Crippen LogP contribution in [0.5, 0.6) is 0 Å². The number of aliphatic hydroxyl groups is 1. The Morgan fingerprint density at radius 2 is 1.71 bits per heavy atom. The van der Waals surface area contributed by atoms with Crippen molar-refractivity contribution >= 4 is 5.91 Å². The molecule has 0 spiro atoms. The highest BCUT2D eigenvalue weighted by atomic mass is 16.3. The van der Waals surface area contributed by atoms with Crippen molar-refractivity contribution in [2.45, 2.75) is 70.9 Å². The molecule has 1 aliphatic heterocycles. The lowest BCUT2D eigenvalue weighted by molar-refractivity contribution is -0.161. The number of amides is 1. The van der Waals surface area contributed by atoms with Crippen molar-refractivity contribution in [2.75, 3.05) is 13.1 Å². The third-order valence-electron chi connectivity index (χ3n) is 7.92. The number of likely N-dealkylation sites (tertiary alicyclic amines) is 1. The molecule has 1 aromatic carbocycles. The van der Waals surface area contributed by atoms with Gasteiger partial charge in [0.25, 0.3) is 5.91 Å². The SMILES string of the molecule is CC(C)(CCn1cccn1)C1CCN(C(=O)C(O)(c2ccccc2)C2CCCC2)CC1. The van der Waals surface area contributed by atoms with E-state index >= 15 is 0 Å². The number of nitrogens with zero attached hydrogens (tertiary/aromatic N) is 3. The van der Waals surface area contributed by atoms with Gasteiger partial charge in [0.15, 0.2) is 5.60 Å². The van der Waals surface area contributed by atoms with E-state index in [1.165, 1.54) is 0 Å². The zero-order chi connectivity index (χ0) is 21.9. The molecule has 31 heavy (non-hydrogen) atoms. The van der Waals surface area contributed by atoms with Gasteiger partial charge in [-0.25, -0.2) is 0 Å². The minimum atomic E-state index is -1.39. The molecule has 1 saturated carbocycles. The molecule has 2 heterocycles. The Morgan fingerprint density at radius 3 is 2.32 bits per heavy atom. The van der Waals surface area contributed by atoms with E-state index in [1.54, 1.807) is 0 Å². The zero-order valence-electron chi connectivity index (χ0n) is 19.0. The average molecular weight is 424 g/mol. The minimum Gasteiger partial charge on any atom is -0.375 e. The second-order valence-electron chi connectivity index (χ2n) is 10.2. The average Bonchev–Trinajstić information content (AvgIpc) is 3.52. The Hall–Kier alpha value is -2.14. The molecule has 1 atom stereocenters. The van der Waals surface area contributed by atoms with Crippen LogP contribution in [-0.4, -0.2) is 38.8 Å². The minimum absolute atomic E-state index is 0.0191. The summed E-state index contributed by atoms with van der Waals surface area (Å²) in [6.45, 7) is 7.08. The lowest BCUT2D eigenvalue weighted by Gasteiger charge is -2.44. The summed E-state index contributed by atoms with van der Waals surface area (Å²) in [5.74, 6) is 0.507. The van der Waals surface area contributed by atoms with Crippen molar-refractivity contribution in [3.05, 3.63) is 54.4 Å². The molecule has 1 aliphatic carbocycles. The van der Waals surface area contributed by atoms with Crippen LogP contribution in [0.4, 0.5) is 0 Å². The standard InChI is InChI=1S/C26H37N3O2/c1-25(2,15-20-29-17-8-16-27-29)21-13-18-28(19-14-21)24(30)26(31,23-11-6-7-12-23)22-9-4-3-5-10-22/h3-5,8-10,16-17,21,23,31H,6-7,11-15,18-20H2,1-2H3. The van der Waals surface area contributed by atoms with Crippen LogP contribution < -0.4 is 0 Å². The Morgan fingerprint density at radius 1 is 1.03 bits per heavy atom. The number of hydrogen-bond acceptors (Lipinski definition) is 3. The Bertz CT molecular complexity index is 835. The van der Waals surface area contributed by atoms with E-state index in [1.807, 2.05) is 58.4 Å². The number of aryl methyl sites for hydroxylation is 1. The molecule has 4 rings (SSSR count). The number of rotatable bonds is 7. The predicted octanol–water partition coefficient (Wildman–Crippen LogP) is 4.62. The van der Waals surface area contributed by atoms with Gasteiger partial charge in [-0.1, -0.05) is 57.0 Å². The molecule has 1 unspecified atom stereocenters. The van der Waals surface area contributed by atoms with Crippen molar-refractivity contribution < 1.29 is 9.90 Å². The van der Waals surface area contributed by atoms with E-state index in [9.17, 15) is 9.90 Å². The third-order valence-corrected chi connectivity index (χ3v) is 7.92. The summed E-state index contributed by atoms with van der Waals surface area (Å²) >= 11 is 0. The molecule has 5 nitrogen and oxygen atoms in total. The number of carbonyl (C=O) groups is 1. The maximum absolute atomic E-state index is 13.7. The molecule has 0 radical (unpaired) electrons. The topological polar surface area (TPSA) is 58.4 Å². The van der Waals surface area contributed by atoms with Crippen molar-refractivity contribution in [3.8, 4) is 0 Å². The first-order chi connectivity index (χ1) is 14.9. The van der Waals surface area contributed by atoms with Gasteiger partial charge in [0.1, 0.15) is 0 Å². The third kappa shape index (κ3) is 4.57. The van der Waals surface area contributed by atoms with E-state index < -0.39 is 5.60 Å². The Labute approximate surface area is 186 Å². The maximum atomic E-state index is 13.7. The van der Waals surface area contributed by atoms with Crippen LogP contribution in [0.2, 0.25) is 0 Å². The molecular formula is C26H37N3O2. The maximum Gasteiger partial charge on any atom is 0.259 e. The first-order valence-electron chi connectivity index (χ1n) is 12.0. The van der Waals surface area contributed by atoms with Crippen molar-refractivity contribution in [1.82, 2.24) is 14.7 Å². The summed E-state index contributed by atoms with van der Waals surface area (Å²) in [6, 6.07) is 11.6. The van der Waals surface area contributed by atoms with Gasteiger partial charge in [0.2, 0.25) is 0 Å². The lowest BCUT2D eigenvalue weighted by atomic mass is 9.71. The lowest BCUT2D eigenvalue weighted by Crippen LogP contribution is -2.53. The summed E-state index contributed by atoms with van der Waals surface area (Å²) in [5, 5.41) is 16.1. The summed E-state index contributed by atoms with van der Waals surface area (Å²) in [4.78, 5) is 15.6. The van der Waals surface area contributed by atoms with Crippen molar-refractivity contribution in [3.63, 3.8) is 0 Å². The van der Waals surface area contributed by atoms with Crippen LogP contribution in [0.1, 0.15) is 64.4 Å². The molecule has 1 saturated heterocycles. The quantitative estimate of drug-likeness (QED) is 0.707. The van der Waals surface area contributed by atoms with Gasteiger partial charge in [-0.2, -0.15) is 5.10 Å². The molecular weight excluding hydrogens is 386 g/mol. The van der Waals surface area contributed by atoms with Gasteiger partial charge >= 0.3 is 0 Å². The van der Waals surface area contributed by atoms with Gasteiger partial charge in [-0.3, -0.25) is 9.48 Å². The molecule has 1 aromatic heterocycles. The molecule has 2 aliphatic rings.